The van der Waals surface area contributed by atoms with Gasteiger partial charge in [-0.15, -0.1) is 0 Å². The Labute approximate surface area is 158 Å². The second kappa shape index (κ2) is 6.89. The van der Waals surface area contributed by atoms with Gasteiger partial charge in [-0.3, -0.25) is 8.75 Å². The third-order valence-electron chi connectivity index (χ3n) is 4.34. The van der Waals surface area contributed by atoms with Gasteiger partial charge in [-0.2, -0.15) is 18.2 Å². The number of carbonyl (C=O) groups is 1. The summed E-state index contributed by atoms with van der Waals surface area (Å²) in [4.78, 5) is 17.4. The van der Waals surface area contributed by atoms with Crippen molar-refractivity contribution >= 4 is 17.4 Å². The zero-order chi connectivity index (χ0) is 20.0. The normalized spacial score (nSPS) is 16.0. The fourth-order valence-electron chi connectivity index (χ4n) is 2.57. The minimum atomic E-state index is -4.87. The molecule has 0 radical (unpaired) electrons. The van der Waals surface area contributed by atoms with E-state index in [1.165, 1.54) is 11.5 Å². The maximum Gasteiger partial charge on any atom is 0.419 e. The highest BCUT2D eigenvalue weighted by Gasteiger charge is 2.35. The molecule has 1 saturated carbocycles. The van der Waals surface area contributed by atoms with E-state index in [0.717, 1.165) is 29.9 Å². The molecule has 0 saturated heterocycles. The molecule has 3 nitrogen and oxygen atoms in total. The predicted octanol–water partition coefficient (Wildman–Crippen LogP) is 5.16. The van der Waals surface area contributed by atoms with Crippen LogP contribution in [0.1, 0.15) is 54.4 Å². The third kappa shape index (κ3) is 4.48. The van der Waals surface area contributed by atoms with Gasteiger partial charge in [0.15, 0.2) is 0 Å². The van der Waals surface area contributed by atoms with Crippen molar-refractivity contribution in [2.24, 2.45) is 10.9 Å². The lowest BCUT2D eigenvalue weighted by Crippen LogP contribution is -2.19. The molecular formula is C19H20F4N2OS. The molecule has 0 aliphatic heterocycles. The minimum absolute atomic E-state index is 0.158. The highest BCUT2D eigenvalue weighted by atomic mass is 32.1. The molecule has 1 aromatic heterocycles. The van der Waals surface area contributed by atoms with Crippen LogP contribution in [0.15, 0.2) is 29.3 Å². The molecule has 0 spiro atoms. The maximum atomic E-state index is 14.2. The third-order valence-corrected chi connectivity index (χ3v) is 5.82. The van der Waals surface area contributed by atoms with Gasteiger partial charge in [-0.05, 0) is 42.4 Å². The maximum absolute atomic E-state index is 14.2. The summed E-state index contributed by atoms with van der Waals surface area (Å²) in [5, 5.41) is 0. The number of hydrogen-bond donors (Lipinski definition) is 0. The number of rotatable bonds is 3. The van der Waals surface area contributed by atoms with Crippen molar-refractivity contribution in [2.45, 2.75) is 51.7 Å². The van der Waals surface area contributed by atoms with Gasteiger partial charge in [-0.25, -0.2) is 4.39 Å². The zero-order valence-corrected chi connectivity index (χ0v) is 16.0. The molecule has 1 fully saturated rings. The molecule has 8 heteroatoms. The molecule has 1 aliphatic carbocycles. The molecule has 0 N–H and O–H groups in total. The molecule has 1 aliphatic rings. The molecule has 0 bridgehead atoms. The second-order valence-electron chi connectivity index (χ2n) is 7.79. The lowest BCUT2D eigenvalue weighted by atomic mass is 9.95. The summed E-state index contributed by atoms with van der Waals surface area (Å²) in [6.07, 6.45) is -2.66. The van der Waals surface area contributed by atoms with Crippen molar-refractivity contribution in [3.63, 3.8) is 0 Å². The Hall–Kier alpha value is -1.96. The Morgan fingerprint density at radius 3 is 2.48 bits per heavy atom. The number of carbonyl (C=O) groups excluding carboxylic acids is 1. The number of nitrogens with zero attached hydrogens (tertiary/aromatic N) is 2. The first-order valence-corrected chi connectivity index (χ1v) is 9.40. The van der Waals surface area contributed by atoms with Crippen molar-refractivity contribution < 1.29 is 22.4 Å². The fourth-order valence-corrected chi connectivity index (χ4v) is 3.71. The quantitative estimate of drug-likeness (QED) is 0.656. The number of alkyl halides is 3. The van der Waals surface area contributed by atoms with Crippen LogP contribution in [0.2, 0.25) is 0 Å². The van der Waals surface area contributed by atoms with E-state index in [1.807, 2.05) is 24.7 Å². The molecular weight excluding hydrogens is 380 g/mol. The van der Waals surface area contributed by atoms with Crippen LogP contribution in [0.25, 0.3) is 0 Å². The Kier molecular flexibility index (Phi) is 5.05. The van der Waals surface area contributed by atoms with Gasteiger partial charge >= 0.3 is 6.18 Å². The van der Waals surface area contributed by atoms with Crippen LogP contribution in [-0.2, 0) is 18.1 Å². The molecule has 0 unspecified atom stereocenters. The monoisotopic (exact) mass is 400 g/mol. The number of amides is 1. The lowest BCUT2D eigenvalue weighted by molar-refractivity contribution is -0.140. The molecule has 2 aromatic rings. The van der Waals surface area contributed by atoms with E-state index in [2.05, 4.69) is 4.99 Å². The average molecular weight is 400 g/mol. The van der Waals surface area contributed by atoms with Crippen LogP contribution < -0.4 is 5.49 Å². The standard InChI is InChI=1S/C19H20F4N2OS/c1-18(2,3)14-9-15(25(27-14)10-11-7-8-11)24-17(26)12-5-4-6-13(16(12)20)19(21,22)23/h4-6,9,11H,7-8,10H2,1-3H3/b24-15+. The topological polar surface area (TPSA) is 34.4 Å². The number of hydrogen-bond acceptors (Lipinski definition) is 2. The average Bonchev–Trinajstić information content (AvgIpc) is 3.25. The summed E-state index contributed by atoms with van der Waals surface area (Å²) < 4.78 is 54.8. The first-order valence-electron chi connectivity index (χ1n) is 8.63. The Morgan fingerprint density at radius 2 is 1.93 bits per heavy atom. The van der Waals surface area contributed by atoms with Gasteiger partial charge in [0.1, 0.15) is 11.3 Å². The Balaban J connectivity index is 2.04. The van der Waals surface area contributed by atoms with E-state index < -0.39 is 29.0 Å². The van der Waals surface area contributed by atoms with Crippen LogP contribution >= 0.6 is 11.5 Å². The van der Waals surface area contributed by atoms with Crippen LogP contribution in [0, 0.1) is 11.7 Å². The van der Waals surface area contributed by atoms with E-state index >= 15 is 0 Å². The van der Waals surface area contributed by atoms with Crippen molar-refractivity contribution in [3.05, 3.63) is 51.6 Å². The van der Waals surface area contributed by atoms with Gasteiger partial charge in [0, 0.05) is 11.4 Å². The Bertz CT molecular complexity index is 930. The lowest BCUT2D eigenvalue weighted by Gasteiger charge is -2.14. The molecule has 1 heterocycles. The number of aromatic nitrogens is 1. The first kappa shape index (κ1) is 19.8. The summed E-state index contributed by atoms with van der Waals surface area (Å²) in [6.45, 7) is 6.78. The van der Waals surface area contributed by atoms with E-state index in [1.54, 1.807) is 6.07 Å². The highest BCUT2D eigenvalue weighted by Crippen LogP contribution is 2.33. The second-order valence-corrected chi connectivity index (χ2v) is 8.86. The van der Waals surface area contributed by atoms with E-state index in [9.17, 15) is 22.4 Å². The summed E-state index contributed by atoms with van der Waals surface area (Å²) >= 11 is 1.48. The van der Waals surface area contributed by atoms with Gasteiger partial charge in [-0.1, -0.05) is 38.4 Å². The fraction of sp³-hybridized carbons (Fsp3) is 0.474. The van der Waals surface area contributed by atoms with E-state index in [4.69, 9.17) is 0 Å². The summed E-state index contributed by atoms with van der Waals surface area (Å²) in [5.41, 5.74) is -1.94. The summed E-state index contributed by atoms with van der Waals surface area (Å²) in [5.74, 6) is -2.07. The van der Waals surface area contributed by atoms with Crippen molar-refractivity contribution in [2.75, 3.05) is 0 Å². The van der Waals surface area contributed by atoms with Crippen molar-refractivity contribution in [1.82, 2.24) is 3.96 Å². The van der Waals surface area contributed by atoms with Crippen LogP contribution in [0.4, 0.5) is 17.6 Å². The van der Waals surface area contributed by atoms with Crippen LogP contribution in [0.5, 0.6) is 0 Å². The van der Waals surface area contributed by atoms with Gasteiger partial charge in [0.2, 0.25) is 0 Å². The molecule has 0 atom stereocenters. The predicted molar refractivity (Wildman–Crippen MR) is 95.0 cm³/mol. The van der Waals surface area contributed by atoms with Gasteiger partial charge < -0.3 is 0 Å². The highest BCUT2D eigenvalue weighted by molar-refractivity contribution is 7.06. The van der Waals surface area contributed by atoms with Crippen LogP contribution in [-0.4, -0.2) is 9.86 Å². The zero-order valence-electron chi connectivity index (χ0n) is 15.2. The first-order chi connectivity index (χ1) is 12.5. The smallest absolute Gasteiger partial charge is 0.281 e. The molecule has 1 amide bonds. The van der Waals surface area contributed by atoms with Crippen molar-refractivity contribution in [3.8, 4) is 0 Å². The van der Waals surface area contributed by atoms with E-state index in [-0.39, 0.29) is 5.41 Å². The van der Waals surface area contributed by atoms with Gasteiger partial charge in [0.05, 0.1) is 11.1 Å². The van der Waals surface area contributed by atoms with Crippen LogP contribution in [0.3, 0.4) is 0 Å². The SMILES string of the molecule is CC(C)(C)c1c/c(=N\C(=O)c2cccc(C(F)(F)F)c2F)n(CC2CC2)s1. The molecule has 146 valence electrons. The summed E-state index contributed by atoms with van der Waals surface area (Å²) in [6, 6.07) is 4.41. The van der Waals surface area contributed by atoms with E-state index in [0.29, 0.717) is 24.0 Å². The number of halogens is 4. The Morgan fingerprint density at radius 1 is 1.26 bits per heavy atom. The minimum Gasteiger partial charge on any atom is -0.281 e. The number of benzene rings is 1. The largest absolute Gasteiger partial charge is 0.419 e. The van der Waals surface area contributed by atoms with Gasteiger partial charge in [0.25, 0.3) is 5.91 Å². The summed E-state index contributed by atoms with van der Waals surface area (Å²) in [7, 11) is 0. The molecule has 1 aromatic carbocycles. The molecule has 27 heavy (non-hydrogen) atoms. The molecule has 3 rings (SSSR count). The van der Waals surface area contributed by atoms with Crippen molar-refractivity contribution in [1.29, 1.82) is 0 Å².